The van der Waals surface area contributed by atoms with Crippen LogP contribution < -0.4 is 0 Å². The Morgan fingerprint density at radius 3 is 3.00 bits per heavy atom. The molecule has 1 aromatic carbocycles. The Morgan fingerprint density at radius 2 is 2.00 bits per heavy atom. The fourth-order valence-electron chi connectivity index (χ4n) is 3.27. The summed E-state index contributed by atoms with van der Waals surface area (Å²) in [5, 5.41) is 2.75. The average molecular weight is 236 g/mol. The molecule has 0 fully saturated rings. The van der Waals surface area contributed by atoms with Gasteiger partial charge in [0, 0.05) is 23.5 Å². The molecule has 0 bridgehead atoms. The normalized spacial score (nSPS) is 15.8. The van der Waals surface area contributed by atoms with E-state index in [-0.39, 0.29) is 0 Å². The van der Waals surface area contributed by atoms with Crippen LogP contribution in [0.15, 0.2) is 36.7 Å². The van der Waals surface area contributed by atoms with Gasteiger partial charge in [0.15, 0.2) is 0 Å². The molecule has 1 aliphatic heterocycles. The lowest BCUT2D eigenvalue weighted by molar-refractivity contribution is 0.594. The van der Waals surface area contributed by atoms with Crippen LogP contribution in [0.3, 0.4) is 0 Å². The van der Waals surface area contributed by atoms with E-state index in [1.165, 1.54) is 53.1 Å². The highest BCUT2D eigenvalue weighted by molar-refractivity contribution is 6.08. The van der Waals surface area contributed by atoms with E-state index in [2.05, 4.69) is 33.8 Å². The number of pyridine rings is 1. The molecule has 0 aliphatic carbocycles. The molecule has 2 heteroatoms. The third kappa shape index (κ3) is 1.32. The van der Waals surface area contributed by atoms with E-state index in [0.717, 1.165) is 6.54 Å². The van der Waals surface area contributed by atoms with Gasteiger partial charge in [-0.2, -0.15) is 0 Å². The maximum absolute atomic E-state index is 4.30. The van der Waals surface area contributed by atoms with Crippen molar-refractivity contribution in [2.45, 2.75) is 32.2 Å². The molecule has 0 saturated carbocycles. The van der Waals surface area contributed by atoms with Gasteiger partial charge in [0.25, 0.3) is 0 Å². The van der Waals surface area contributed by atoms with E-state index in [1.807, 2.05) is 12.4 Å². The lowest BCUT2D eigenvalue weighted by Gasteiger charge is -2.14. The molecule has 0 atom stereocenters. The minimum atomic E-state index is 1.13. The number of para-hydroxylation sites is 1. The summed E-state index contributed by atoms with van der Waals surface area (Å²) in [6.07, 6.45) is 9.05. The van der Waals surface area contributed by atoms with Crippen molar-refractivity contribution in [1.82, 2.24) is 9.55 Å². The summed E-state index contributed by atoms with van der Waals surface area (Å²) in [6.45, 7) is 1.13. The Balaban J connectivity index is 2.21. The van der Waals surface area contributed by atoms with Gasteiger partial charge in [0.2, 0.25) is 0 Å². The lowest BCUT2D eigenvalue weighted by Crippen LogP contribution is -2.03. The maximum Gasteiger partial charge on any atom is 0.0677 e. The second-order valence-corrected chi connectivity index (χ2v) is 5.17. The molecule has 90 valence electrons. The Morgan fingerprint density at radius 1 is 1.00 bits per heavy atom. The summed E-state index contributed by atoms with van der Waals surface area (Å²) in [6, 6.07) is 8.88. The number of benzene rings is 1. The number of fused-ring (bicyclic) bond motifs is 3. The smallest absolute Gasteiger partial charge is 0.0677 e. The first-order valence-corrected chi connectivity index (χ1v) is 6.79. The first-order valence-electron chi connectivity index (χ1n) is 6.79. The highest BCUT2D eigenvalue weighted by Crippen LogP contribution is 2.32. The van der Waals surface area contributed by atoms with E-state index in [0.29, 0.717) is 0 Å². The third-order valence-corrected chi connectivity index (χ3v) is 4.10. The molecule has 0 radical (unpaired) electrons. The number of aryl methyl sites for hydroxylation is 2. The summed E-state index contributed by atoms with van der Waals surface area (Å²) < 4.78 is 2.48. The molecule has 0 N–H and O–H groups in total. The molecule has 2 aromatic heterocycles. The monoisotopic (exact) mass is 236 g/mol. The van der Waals surface area contributed by atoms with Gasteiger partial charge >= 0.3 is 0 Å². The van der Waals surface area contributed by atoms with Gasteiger partial charge < -0.3 is 4.57 Å². The van der Waals surface area contributed by atoms with Crippen LogP contribution in [-0.4, -0.2) is 9.55 Å². The highest BCUT2D eigenvalue weighted by Gasteiger charge is 2.14. The highest BCUT2D eigenvalue weighted by atomic mass is 15.0. The predicted octanol–water partition coefficient (Wildman–Crippen LogP) is 3.92. The molecular weight excluding hydrogens is 220 g/mol. The van der Waals surface area contributed by atoms with Crippen LogP contribution in [-0.2, 0) is 13.0 Å². The molecular formula is C16H16N2. The van der Waals surface area contributed by atoms with Crippen molar-refractivity contribution >= 4 is 21.8 Å². The zero-order valence-electron chi connectivity index (χ0n) is 10.4. The van der Waals surface area contributed by atoms with E-state index in [4.69, 9.17) is 0 Å². The van der Waals surface area contributed by atoms with Gasteiger partial charge in [-0.1, -0.05) is 24.6 Å². The van der Waals surface area contributed by atoms with Gasteiger partial charge in [0.05, 0.1) is 17.2 Å². The molecule has 0 saturated heterocycles. The van der Waals surface area contributed by atoms with Crippen LogP contribution >= 0.6 is 0 Å². The number of hydrogen-bond donors (Lipinski definition) is 0. The SMILES string of the molecule is c1cc2c3c(c1)c1ccncc1n3CCCCC2. The van der Waals surface area contributed by atoms with Crippen LogP contribution in [0.1, 0.15) is 24.8 Å². The zero-order chi connectivity index (χ0) is 11.9. The first-order chi connectivity index (χ1) is 8.95. The number of aromatic nitrogens is 2. The molecule has 1 aliphatic rings. The van der Waals surface area contributed by atoms with E-state index in [9.17, 15) is 0 Å². The molecule has 0 amide bonds. The van der Waals surface area contributed by atoms with E-state index < -0.39 is 0 Å². The second kappa shape index (κ2) is 3.84. The van der Waals surface area contributed by atoms with Crippen molar-refractivity contribution in [3.8, 4) is 0 Å². The van der Waals surface area contributed by atoms with Crippen molar-refractivity contribution < 1.29 is 0 Å². The maximum atomic E-state index is 4.30. The molecule has 0 unspecified atom stereocenters. The fraction of sp³-hybridized carbons (Fsp3) is 0.312. The molecule has 3 heterocycles. The van der Waals surface area contributed by atoms with Gasteiger partial charge in [-0.15, -0.1) is 0 Å². The average Bonchev–Trinajstić information content (AvgIpc) is 2.70. The molecule has 18 heavy (non-hydrogen) atoms. The van der Waals surface area contributed by atoms with Crippen molar-refractivity contribution in [3.63, 3.8) is 0 Å². The Labute approximate surface area is 106 Å². The van der Waals surface area contributed by atoms with Crippen molar-refractivity contribution in [2.24, 2.45) is 0 Å². The molecule has 3 aromatic rings. The molecule has 2 nitrogen and oxygen atoms in total. The minimum Gasteiger partial charge on any atom is -0.339 e. The van der Waals surface area contributed by atoms with Crippen LogP contribution in [0.5, 0.6) is 0 Å². The van der Waals surface area contributed by atoms with Gasteiger partial charge in [-0.3, -0.25) is 4.98 Å². The summed E-state index contributed by atoms with van der Waals surface area (Å²) >= 11 is 0. The van der Waals surface area contributed by atoms with Crippen LogP contribution in [0.2, 0.25) is 0 Å². The van der Waals surface area contributed by atoms with Crippen molar-refractivity contribution in [1.29, 1.82) is 0 Å². The zero-order valence-corrected chi connectivity index (χ0v) is 10.4. The summed E-state index contributed by atoms with van der Waals surface area (Å²) in [5.41, 5.74) is 4.24. The van der Waals surface area contributed by atoms with Gasteiger partial charge in [-0.05, 0) is 30.9 Å². The Hall–Kier alpha value is -1.83. The van der Waals surface area contributed by atoms with E-state index in [1.54, 1.807) is 0 Å². The number of nitrogens with zero attached hydrogens (tertiary/aromatic N) is 2. The summed E-state index contributed by atoms with van der Waals surface area (Å²) in [7, 11) is 0. The lowest BCUT2D eigenvalue weighted by atomic mass is 10.0. The van der Waals surface area contributed by atoms with E-state index >= 15 is 0 Å². The topological polar surface area (TPSA) is 17.8 Å². The molecule has 0 spiro atoms. The van der Waals surface area contributed by atoms with Crippen molar-refractivity contribution in [2.75, 3.05) is 0 Å². The second-order valence-electron chi connectivity index (χ2n) is 5.17. The summed E-state index contributed by atoms with van der Waals surface area (Å²) in [5.74, 6) is 0. The fourth-order valence-corrected chi connectivity index (χ4v) is 3.27. The number of rotatable bonds is 0. The number of hydrogen-bond acceptors (Lipinski definition) is 1. The van der Waals surface area contributed by atoms with Crippen LogP contribution in [0.25, 0.3) is 21.8 Å². The van der Waals surface area contributed by atoms with Gasteiger partial charge in [-0.25, -0.2) is 0 Å². The van der Waals surface area contributed by atoms with Gasteiger partial charge in [0.1, 0.15) is 0 Å². The largest absolute Gasteiger partial charge is 0.339 e. The standard InChI is InChI=1S/C16H16N2/c1-2-5-12-6-4-7-14-13-8-9-17-11-15(13)18(10-3-1)16(12)14/h4,6-9,11H,1-3,5,10H2. The minimum absolute atomic E-state index is 1.13. The quantitative estimate of drug-likeness (QED) is 0.578. The molecule has 4 rings (SSSR count). The Kier molecular flexibility index (Phi) is 2.16. The third-order valence-electron chi connectivity index (χ3n) is 4.10. The van der Waals surface area contributed by atoms with Crippen LogP contribution in [0, 0.1) is 0 Å². The Bertz CT molecular complexity index is 724. The van der Waals surface area contributed by atoms with Crippen molar-refractivity contribution in [3.05, 3.63) is 42.2 Å². The summed E-state index contributed by atoms with van der Waals surface area (Å²) in [4.78, 5) is 4.30. The predicted molar refractivity (Wildman–Crippen MR) is 74.8 cm³/mol. The van der Waals surface area contributed by atoms with Crippen LogP contribution in [0.4, 0.5) is 0 Å². The first kappa shape index (κ1) is 10.1.